The Morgan fingerprint density at radius 2 is 2.09 bits per heavy atom. The Morgan fingerprint density at radius 1 is 1.55 bits per heavy atom. The molecule has 0 aromatic carbocycles. The highest BCUT2D eigenvalue weighted by Gasteiger charge is 2.12. The number of hydrogen-bond donors (Lipinski definition) is 1. The Morgan fingerprint density at radius 3 is 2.45 bits per heavy atom. The van der Waals surface area contributed by atoms with Crippen LogP contribution in [0.4, 0.5) is 0 Å². The standard InChI is InChI=1S/C8H18N2O/c1-5-9-6-7(2)8(11)10(3)4/h7,9H,5-6H2,1-4H3. The van der Waals surface area contributed by atoms with Gasteiger partial charge in [0, 0.05) is 26.6 Å². The minimum atomic E-state index is 0.0879. The highest BCUT2D eigenvalue weighted by molar-refractivity contribution is 5.78. The van der Waals surface area contributed by atoms with Crippen molar-refractivity contribution in [2.45, 2.75) is 13.8 Å². The molecule has 3 heteroatoms. The van der Waals surface area contributed by atoms with Gasteiger partial charge in [0.1, 0.15) is 0 Å². The summed E-state index contributed by atoms with van der Waals surface area (Å²) in [6, 6.07) is 0. The van der Waals surface area contributed by atoms with E-state index in [1.54, 1.807) is 19.0 Å². The average Bonchev–Trinajstić information content (AvgIpc) is 1.98. The van der Waals surface area contributed by atoms with Crippen molar-refractivity contribution in [2.75, 3.05) is 27.2 Å². The zero-order valence-corrected chi connectivity index (χ0v) is 7.85. The molecule has 0 rings (SSSR count). The third kappa shape index (κ3) is 3.98. The van der Waals surface area contributed by atoms with E-state index in [1.807, 2.05) is 13.8 Å². The fourth-order valence-corrected chi connectivity index (χ4v) is 0.889. The molecule has 0 aromatic heterocycles. The van der Waals surface area contributed by atoms with Crippen LogP contribution >= 0.6 is 0 Å². The predicted octanol–water partition coefficient (Wildman–Crippen LogP) is 0.320. The minimum absolute atomic E-state index is 0.0879. The lowest BCUT2D eigenvalue weighted by molar-refractivity contribution is -0.132. The maximum absolute atomic E-state index is 11.2. The first-order chi connectivity index (χ1) is 5.09. The van der Waals surface area contributed by atoms with Crippen LogP contribution in [0.1, 0.15) is 13.8 Å². The molecule has 0 heterocycles. The Hall–Kier alpha value is -0.570. The summed E-state index contributed by atoms with van der Waals surface area (Å²) < 4.78 is 0. The van der Waals surface area contributed by atoms with Gasteiger partial charge in [-0.2, -0.15) is 0 Å². The topological polar surface area (TPSA) is 32.3 Å². The van der Waals surface area contributed by atoms with E-state index < -0.39 is 0 Å². The van der Waals surface area contributed by atoms with Crippen LogP contribution in [0.25, 0.3) is 0 Å². The van der Waals surface area contributed by atoms with E-state index in [9.17, 15) is 4.79 Å². The molecule has 0 aliphatic heterocycles. The van der Waals surface area contributed by atoms with E-state index in [-0.39, 0.29) is 11.8 Å². The van der Waals surface area contributed by atoms with Gasteiger partial charge >= 0.3 is 0 Å². The molecule has 0 fully saturated rings. The summed E-state index contributed by atoms with van der Waals surface area (Å²) in [5.41, 5.74) is 0. The van der Waals surface area contributed by atoms with Crippen molar-refractivity contribution in [1.29, 1.82) is 0 Å². The van der Waals surface area contributed by atoms with E-state index >= 15 is 0 Å². The number of carbonyl (C=O) groups excluding carboxylic acids is 1. The summed E-state index contributed by atoms with van der Waals surface area (Å²) in [7, 11) is 3.57. The maximum atomic E-state index is 11.2. The first-order valence-corrected chi connectivity index (χ1v) is 4.01. The van der Waals surface area contributed by atoms with Gasteiger partial charge in [-0.15, -0.1) is 0 Å². The molecule has 0 saturated carbocycles. The normalized spacial score (nSPS) is 12.7. The lowest BCUT2D eigenvalue weighted by Crippen LogP contribution is -2.34. The second kappa shape index (κ2) is 5.13. The monoisotopic (exact) mass is 158 g/mol. The van der Waals surface area contributed by atoms with Gasteiger partial charge in [-0.25, -0.2) is 0 Å². The molecule has 0 aliphatic carbocycles. The van der Waals surface area contributed by atoms with Crippen LogP contribution in [-0.2, 0) is 4.79 Å². The van der Waals surface area contributed by atoms with Crippen molar-refractivity contribution in [3.8, 4) is 0 Å². The van der Waals surface area contributed by atoms with Gasteiger partial charge in [0.05, 0.1) is 0 Å². The van der Waals surface area contributed by atoms with Crippen molar-refractivity contribution in [1.82, 2.24) is 10.2 Å². The quantitative estimate of drug-likeness (QED) is 0.639. The number of hydrogen-bond acceptors (Lipinski definition) is 2. The molecule has 1 unspecified atom stereocenters. The van der Waals surface area contributed by atoms with Gasteiger partial charge in [0.2, 0.25) is 5.91 Å². The van der Waals surface area contributed by atoms with Crippen LogP contribution in [0.2, 0.25) is 0 Å². The van der Waals surface area contributed by atoms with Crippen molar-refractivity contribution < 1.29 is 4.79 Å². The van der Waals surface area contributed by atoms with Gasteiger partial charge in [-0.3, -0.25) is 4.79 Å². The summed E-state index contributed by atoms with van der Waals surface area (Å²) in [6.07, 6.45) is 0. The minimum Gasteiger partial charge on any atom is -0.349 e. The number of nitrogens with zero attached hydrogens (tertiary/aromatic N) is 1. The number of amides is 1. The molecule has 0 aromatic rings. The third-order valence-electron chi connectivity index (χ3n) is 1.56. The van der Waals surface area contributed by atoms with Gasteiger partial charge in [-0.1, -0.05) is 13.8 Å². The third-order valence-corrected chi connectivity index (χ3v) is 1.56. The molecule has 1 amide bonds. The molecule has 0 saturated heterocycles. The molecular formula is C8H18N2O. The predicted molar refractivity (Wildman–Crippen MR) is 46.4 cm³/mol. The zero-order chi connectivity index (χ0) is 8.85. The van der Waals surface area contributed by atoms with Gasteiger partial charge in [-0.05, 0) is 6.54 Å². The molecule has 0 aliphatic rings. The second-order valence-electron chi connectivity index (χ2n) is 2.94. The molecule has 1 N–H and O–H groups in total. The van der Waals surface area contributed by atoms with Crippen LogP contribution < -0.4 is 5.32 Å². The molecule has 66 valence electrons. The van der Waals surface area contributed by atoms with Gasteiger partial charge in [0.25, 0.3) is 0 Å². The van der Waals surface area contributed by atoms with Crippen LogP contribution in [-0.4, -0.2) is 38.0 Å². The van der Waals surface area contributed by atoms with Crippen molar-refractivity contribution in [3.05, 3.63) is 0 Å². The summed E-state index contributed by atoms with van der Waals surface area (Å²) >= 11 is 0. The molecule has 1 atom stereocenters. The highest BCUT2D eigenvalue weighted by Crippen LogP contribution is 1.96. The van der Waals surface area contributed by atoms with E-state index in [1.165, 1.54) is 0 Å². The molecule has 0 spiro atoms. The summed E-state index contributed by atoms with van der Waals surface area (Å²) in [4.78, 5) is 12.9. The van der Waals surface area contributed by atoms with Gasteiger partial charge < -0.3 is 10.2 Å². The van der Waals surface area contributed by atoms with Gasteiger partial charge in [0.15, 0.2) is 0 Å². The van der Waals surface area contributed by atoms with Crippen molar-refractivity contribution in [2.24, 2.45) is 5.92 Å². The van der Waals surface area contributed by atoms with E-state index in [2.05, 4.69) is 5.32 Å². The average molecular weight is 158 g/mol. The smallest absolute Gasteiger partial charge is 0.226 e. The van der Waals surface area contributed by atoms with E-state index in [4.69, 9.17) is 0 Å². The SMILES string of the molecule is CCNCC(C)C(=O)N(C)C. The molecule has 0 bridgehead atoms. The first-order valence-electron chi connectivity index (χ1n) is 4.01. The zero-order valence-electron chi connectivity index (χ0n) is 7.85. The fraction of sp³-hybridized carbons (Fsp3) is 0.875. The summed E-state index contributed by atoms with van der Waals surface area (Å²) in [5.74, 6) is 0.274. The van der Waals surface area contributed by atoms with Crippen LogP contribution in [0.15, 0.2) is 0 Å². The Balaban J connectivity index is 3.64. The van der Waals surface area contributed by atoms with Crippen LogP contribution in [0.5, 0.6) is 0 Å². The van der Waals surface area contributed by atoms with Crippen LogP contribution in [0.3, 0.4) is 0 Å². The molecule has 3 nitrogen and oxygen atoms in total. The van der Waals surface area contributed by atoms with Crippen molar-refractivity contribution in [3.63, 3.8) is 0 Å². The van der Waals surface area contributed by atoms with Crippen LogP contribution in [0, 0.1) is 5.92 Å². The molecule has 0 radical (unpaired) electrons. The molecular weight excluding hydrogens is 140 g/mol. The summed E-state index contributed by atoms with van der Waals surface area (Å²) in [6.45, 7) is 5.66. The Labute approximate surface area is 68.8 Å². The lowest BCUT2D eigenvalue weighted by atomic mass is 10.1. The first kappa shape index (κ1) is 10.4. The second-order valence-corrected chi connectivity index (χ2v) is 2.94. The van der Waals surface area contributed by atoms with E-state index in [0.29, 0.717) is 0 Å². The highest BCUT2D eigenvalue weighted by atomic mass is 16.2. The summed E-state index contributed by atoms with van der Waals surface area (Å²) in [5, 5.41) is 3.14. The van der Waals surface area contributed by atoms with E-state index in [0.717, 1.165) is 13.1 Å². The molecule has 11 heavy (non-hydrogen) atoms. The Bertz CT molecular complexity index is 123. The number of rotatable bonds is 4. The van der Waals surface area contributed by atoms with Crippen molar-refractivity contribution >= 4 is 5.91 Å². The number of nitrogens with one attached hydrogen (secondary N) is 1. The maximum Gasteiger partial charge on any atom is 0.226 e. The lowest BCUT2D eigenvalue weighted by Gasteiger charge is -2.16. The fourth-order valence-electron chi connectivity index (χ4n) is 0.889. The number of carbonyl (C=O) groups is 1. The Kier molecular flexibility index (Phi) is 4.86. The largest absolute Gasteiger partial charge is 0.349 e.